The van der Waals surface area contributed by atoms with Gasteiger partial charge in [-0.1, -0.05) is 0 Å². The number of benzene rings is 1. The van der Waals surface area contributed by atoms with Gasteiger partial charge in [0.05, 0.1) is 13.7 Å². The molecule has 92 valence electrons. The second-order valence-electron chi connectivity index (χ2n) is 3.24. The zero-order chi connectivity index (χ0) is 11.4. The minimum absolute atomic E-state index is 0. The smallest absolute Gasteiger partial charge is 0.190 e. The van der Waals surface area contributed by atoms with Gasteiger partial charge in [0.25, 0.3) is 0 Å². The van der Waals surface area contributed by atoms with Crippen molar-refractivity contribution in [2.24, 2.45) is 5.73 Å². The Morgan fingerprint density at radius 1 is 1.38 bits per heavy atom. The standard InChI is InChI=1S/C10H13F2NO2.ClH/c1-15-10-8(11)3-6(4-9(10)12)2-7(13)5-14;/h3-4,7,14H,2,5,13H2,1H3;1H. The molecule has 0 saturated carbocycles. The highest BCUT2D eigenvalue weighted by Gasteiger charge is 2.12. The molecule has 0 bridgehead atoms. The van der Waals surface area contributed by atoms with Gasteiger partial charge in [0.15, 0.2) is 17.4 Å². The lowest BCUT2D eigenvalue weighted by atomic mass is 10.1. The molecule has 1 rings (SSSR count). The third-order valence-electron chi connectivity index (χ3n) is 1.99. The van der Waals surface area contributed by atoms with E-state index in [9.17, 15) is 8.78 Å². The molecule has 0 amide bonds. The molecule has 0 aliphatic heterocycles. The zero-order valence-electron chi connectivity index (χ0n) is 8.74. The lowest BCUT2D eigenvalue weighted by molar-refractivity contribution is 0.265. The fourth-order valence-corrected chi connectivity index (χ4v) is 1.29. The Morgan fingerprint density at radius 2 is 1.88 bits per heavy atom. The van der Waals surface area contributed by atoms with E-state index in [1.165, 1.54) is 7.11 Å². The van der Waals surface area contributed by atoms with Crippen LogP contribution in [0.15, 0.2) is 12.1 Å². The highest BCUT2D eigenvalue weighted by Crippen LogP contribution is 2.23. The van der Waals surface area contributed by atoms with Crippen molar-refractivity contribution in [3.05, 3.63) is 29.3 Å². The third kappa shape index (κ3) is 3.59. The quantitative estimate of drug-likeness (QED) is 0.849. The van der Waals surface area contributed by atoms with E-state index in [-0.39, 0.29) is 25.4 Å². The summed E-state index contributed by atoms with van der Waals surface area (Å²) in [7, 11) is 1.20. The van der Waals surface area contributed by atoms with Crippen LogP contribution < -0.4 is 10.5 Å². The van der Waals surface area contributed by atoms with Gasteiger partial charge in [0.1, 0.15) is 0 Å². The van der Waals surface area contributed by atoms with E-state index in [1.807, 2.05) is 0 Å². The predicted octanol–water partition coefficient (Wildman–Crippen LogP) is 1.26. The highest BCUT2D eigenvalue weighted by molar-refractivity contribution is 5.85. The molecule has 0 spiro atoms. The SMILES string of the molecule is COc1c(F)cc(CC(N)CO)cc1F.Cl. The Kier molecular flexibility index (Phi) is 6.25. The van der Waals surface area contributed by atoms with Gasteiger partial charge in [-0.2, -0.15) is 0 Å². The van der Waals surface area contributed by atoms with Crippen LogP contribution >= 0.6 is 12.4 Å². The monoisotopic (exact) mass is 253 g/mol. The number of hydrogen-bond donors (Lipinski definition) is 2. The molecule has 0 saturated heterocycles. The summed E-state index contributed by atoms with van der Waals surface area (Å²) in [5, 5.41) is 8.70. The van der Waals surface area contributed by atoms with E-state index in [2.05, 4.69) is 4.74 Å². The molecule has 1 aromatic carbocycles. The number of nitrogens with two attached hydrogens (primary N) is 1. The molecule has 1 unspecified atom stereocenters. The van der Waals surface area contributed by atoms with Crippen molar-refractivity contribution in [1.29, 1.82) is 0 Å². The topological polar surface area (TPSA) is 55.5 Å². The molecule has 0 fully saturated rings. The van der Waals surface area contributed by atoms with Crippen LogP contribution in [0.2, 0.25) is 0 Å². The summed E-state index contributed by atoms with van der Waals surface area (Å²) in [6.45, 7) is -0.227. The molecule has 3 N–H and O–H groups in total. The second kappa shape index (κ2) is 6.62. The molecule has 0 heterocycles. The van der Waals surface area contributed by atoms with Crippen LogP contribution in [0.3, 0.4) is 0 Å². The Morgan fingerprint density at radius 3 is 2.25 bits per heavy atom. The first-order valence-electron chi connectivity index (χ1n) is 4.46. The average Bonchev–Trinajstić information content (AvgIpc) is 2.17. The summed E-state index contributed by atoms with van der Waals surface area (Å²) in [6, 6.07) is 1.78. The van der Waals surface area contributed by atoms with Gasteiger partial charge in [-0.05, 0) is 24.1 Å². The first-order valence-corrected chi connectivity index (χ1v) is 4.46. The molecule has 0 aliphatic carbocycles. The summed E-state index contributed by atoms with van der Waals surface area (Å²) >= 11 is 0. The van der Waals surface area contributed by atoms with Gasteiger partial charge in [-0.15, -0.1) is 12.4 Å². The lowest BCUT2D eigenvalue weighted by Crippen LogP contribution is -2.26. The van der Waals surface area contributed by atoms with Gasteiger partial charge < -0.3 is 15.6 Å². The average molecular weight is 254 g/mol. The van der Waals surface area contributed by atoms with E-state index in [0.29, 0.717) is 5.56 Å². The first-order chi connectivity index (χ1) is 7.08. The zero-order valence-corrected chi connectivity index (χ0v) is 9.56. The van der Waals surface area contributed by atoms with Gasteiger partial charge in [0, 0.05) is 6.04 Å². The fourth-order valence-electron chi connectivity index (χ4n) is 1.29. The summed E-state index contributed by atoms with van der Waals surface area (Å²) in [6.07, 6.45) is 0.217. The summed E-state index contributed by atoms with van der Waals surface area (Å²) in [4.78, 5) is 0. The van der Waals surface area contributed by atoms with E-state index in [1.54, 1.807) is 0 Å². The van der Waals surface area contributed by atoms with Crippen molar-refractivity contribution in [3.8, 4) is 5.75 Å². The Hall–Kier alpha value is -0.910. The van der Waals surface area contributed by atoms with E-state index in [0.717, 1.165) is 12.1 Å². The number of hydrogen-bond acceptors (Lipinski definition) is 3. The van der Waals surface area contributed by atoms with Crippen LogP contribution in [0.1, 0.15) is 5.56 Å². The van der Waals surface area contributed by atoms with Crippen molar-refractivity contribution in [3.63, 3.8) is 0 Å². The fraction of sp³-hybridized carbons (Fsp3) is 0.400. The van der Waals surface area contributed by atoms with Crippen molar-refractivity contribution in [2.75, 3.05) is 13.7 Å². The number of methoxy groups -OCH3 is 1. The largest absolute Gasteiger partial charge is 0.491 e. The van der Waals surface area contributed by atoms with Gasteiger partial charge >= 0.3 is 0 Å². The van der Waals surface area contributed by atoms with Crippen molar-refractivity contribution >= 4 is 12.4 Å². The van der Waals surface area contributed by atoms with E-state index >= 15 is 0 Å². The summed E-state index contributed by atoms with van der Waals surface area (Å²) in [5.74, 6) is -1.94. The molecule has 3 nitrogen and oxygen atoms in total. The van der Waals surface area contributed by atoms with Gasteiger partial charge in [-0.3, -0.25) is 0 Å². The molecule has 1 aromatic rings. The van der Waals surface area contributed by atoms with Gasteiger partial charge in [-0.25, -0.2) is 8.78 Å². The molecule has 16 heavy (non-hydrogen) atoms. The second-order valence-corrected chi connectivity index (χ2v) is 3.24. The molecular formula is C10H14ClF2NO2. The summed E-state index contributed by atoms with van der Waals surface area (Å²) < 4.78 is 30.9. The van der Waals surface area contributed by atoms with Crippen LogP contribution in [-0.2, 0) is 6.42 Å². The predicted molar refractivity (Wildman–Crippen MR) is 58.9 cm³/mol. The van der Waals surface area contributed by atoms with Crippen LogP contribution in [0.5, 0.6) is 5.75 Å². The number of halogens is 3. The van der Waals surface area contributed by atoms with E-state index < -0.39 is 23.4 Å². The van der Waals surface area contributed by atoms with Crippen LogP contribution in [0.4, 0.5) is 8.78 Å². The normalized spacial score (nSPS) is 11.8. The minimum atomic E-state index is -0.766. The molecular weight excluding hydrogens is 240 g/mol. The maximum atomic E-state index is 13.2. The maximum absolute atomic E-state index is 13.2. The molecule has 6 heteroatoms. The highest BCUT2D eigenvalue weighted by atomic mass is 35.5. The number of aliphatic hydroxyl groups is 1. The molecule has 1 atom stereocenters. The number of rotatable bonds is 4. The summed E-state index contributed by atoms with van der Waals surface area (Å²) in [5.41, 5.74) is 5.85. The Labute approximate surface area is 98.6 Å². The van der Waals surface area contributed by atoms with Crippen LogP contribution in [0, 0.1) is 11.6 Å². The first kappa shape index (κ1) is 15.1. The van der Waals surface area contributed by atoms with Gasteiger partial charge in [0.2, 0.25) is 0 Å². The van der Waals surface area contributed by atoms with Crippen molar-refractivity contribution in [1.82, 2.24) is 0 Å². The van der Waals surface area contributed by atoms with Crippen molar-refractivity contribution < 1.29 is 18.6 Å². The molecule has 0 radical (unpaired) electrons. The minimum Gasteiger partial charge on any atom is -0.491 e. The maximum Gasteiger partial charge on any atom is 0.190 e. The number of ether oxygens (including phenoxy) is 1. The lowest BCUT2D eigenvalue weighted by Gasteiger charge is -2.10. The van der Waals surface area contributed by atoms with Crippen LogP contribution in [-0.4, -0.2) is 24.9 Å². The third-order valence-corrected chi connectivity index (χ3v) is 1.99. The van der Waals surface area contributed by atoms with Crippen LogP contribution in [0.25, 0.3) is 0 Å². The van der Waals surface area contributed by atoms with Crippen molar-refractivity contribution in [2.45, 2.75) is 12.5 Å². The molecule has 0 aromatic heterocycles. The number of aliphatic hydroxyl groups excluding tert-OH is 1. The molecule has 0 aliphatic rings. The Balaban J connectivity index is 0.00000225. The Bertz CT molecular complexity index is 327. The van der Waals surface area contributed by atoms with E-state index in [4.69, 9.17) is 10.8 Å².